The van der Waals surface area contributed by atoms with Crippen LogP contribution in [0.2, 0.25) is 0 Å². The molecule has 1 radical (unpaired) electrons. The zero-order valence-electron chi connectivity index (χ0n) is 6.27. The Balaban J connectivity index is 2.50. The summed E-state index contributed by atoms with van der Waals surface area (Å²) in [6.45, 7) is 0.101. The lowest BCUT2D eigenvalue weighted by atomic mass is 9.80. The first-order valence-electron chi connectivity index (χ1n) is 3.59. The highest BCUT2D eigenvalue weighted by Gasteiger charge is 1.82. The minimum absolute atomic E-state index is 0.101. The van der Waals surface area contributed by atoms with Gasteiger partial charge in [0.05, 0.1) is 0 Å². The molecule has 0 unspecified atom stereocenters. The van der Waals surface area contributed by atoms with E-state index in [2.05, 4.69) is 0 Å². The standard InChI is InChI=1S/C9H10BO/c11-8-10-7-6-9-4-2-1-3-5-9/h1-7,11H,8H2/b7-6+. The first-order chi connectivity index (χ1) is 5.43. The summed E-state index contributed by atoms with van der Waals surface area (Å²) in [6, 6.07) is 9.98. The van der Waals surface area contributed by atoms with Gasteiger partial charge < -0.3 is 5.11 Å². The van der Waals surface area contributed by atoms with Crippen molar-refractivity contribution in [1.29, 1.82) is 0 Å². The first kappa shape index (κ1) is 8.09. The van der Waals surface area contributed by atoms with E-state index in [0.29, 0.717) is 0 Å². The largest absolute Gasteiger partial charge is 0.405 e. The lowest BCUT2D eigenvalue weighted by molar-refractivity contribution is 0.367. The van der Waals surface area contributed by atoms with E-state index >= 15 is 0 Å². The van der Waals surface area contributed by atoms with E-state index in [1.807, 2.05) is 42.4 Å². The van der Waals surface area contributed by atoms with Crippen LogP contribution in [0.4, 0.5) is 0 Å². The van der Waals surface area contributed by atoms with Crippen LogP contribution in [0.5, 0.6) is 0 Å². The van der Waals surface area contributed by atoms with Crippen molar-refractivity contribution < 1.29 is 5.11 Å². The van der Waals surface area contributed by atoms with Crippen LogP contribution >= 0.6 is 0 Å². The highest BCUT2D eigenvalue weighted by atomic mass is 16.2. The van der Waals surface area contributed by atoms with Crippen molar-refractivity contribution >= 4 is 13.4 Å². The zero-order chi connectivity index (χ0) is 7.94. The fourth-order valence-electron chi connectivity index (χ4n) is 0.804. The molecule has 1 rings (SSSR count). The molecule has 0 aliphatic heterocycles. The van der Waals surface area contributed by atoms with Crippen LogP contribution in [0.1, 0.15) is 5.56 Å². The molecule has 0 saturated carbocycles. The summed E-state index contributed by atoms with van der Waals surface area (Å²) in [5.41, 5.74) is 1.15. The third-order valence-corrected chi connectivity index (χ3v) is 1.33. The van der Waals surface area contributed by atoms with Crippen LogP contribution < -0.4 is 0 Å². The second-order valence-electron chi connectivity index (χ2n) is 2.19. The Morgan fingerprint density at radius 3 is 2.64 bits per heavy atom. The Labute approximate surface area is 67.6 Å². The van der Waals surface area contributed by atoms with Gasteiger partial charge in [0.2, 0.25) is 0 Å². The molecule has 55 valence electrons. The van der Waals surface area contributed by atoms with Crippen LogP contribution in [0.15, 0.2) is 36.3 Å². The van der Waals surface area contributed by atoms with Gasteiger partial charge in [0, 0.05) is 6.51 Å². The van der Waals surface area contributed by atoms with Crippen molar-refractivity contribution in [2.75, 3.05) is 6.51 Å². The first-order valence-corrected chi connectivity index (χ1v) is 3.59. The minimum atomic E-state index is 0.101. The minimum Gasteiger partial charge on any atom is -0.405 e. The predicted octanol–water partition coefficient (Wildman–Crippen LogP) is 1.31. The third kappa shape index (κ3) is 3.05. The molecule has 0 atom stereocenters. The summed E-state index contributed by atoms with van der Waals surface area (Å²) in [7, 11) is 1.70. The molecule has 2 heteroatoms. The van der Waals surface area contributed by atoms with E-state index in [1.165, 1.54) is 0 Å². The van der Waals surface area contributed by atoms with Crippen molar-refractivity contribution in [3.05, 3.63) is 41.9 Å². The fraction of sp³-hybridized carbons (Fsp3) is 0.111. The van der Waals surface area contributed by atoms with Gasteiger partial charge in [0.15, 0.2) is 7.28 Å². The molecule has 0 aliphatic rings. The topological polar surface area (TPSA) is 20.2 Å². The van der Waals surface area contributed by atoms with Gasteiger partial charge in [0.25, 0.3) is 0 Å². The van der Waals surface area contributed by atoms with Crippen LogP contribution in [-0.4, -0.2) is 18.9 Å². The van der Waals surface area contributed by atoms with Gasteiger partial charge in [-0.25, -0.2) is 0 Å². The molecule has 0 aromatic heterocycles. The molecule has 0 saturated heterocycles. The monoisotopic (exact) mass is 145 g/mol. The highest BCUT2D eigenvalue weighted by Crippen LogP contribution is 1.99. The Morgan fingerprint density at radius 1 is 1.27 bits per heavy atom. The lowest BCUT2D eigenvalue weighted by Crippen LogP contribution is -1.90. The van der Waals surface area contributed by atoms with Gasteiger partial charge in [-0.3, -0.25) is 0 Å². The molecule has 0 aliphatic carbocycles. The van der Waals surface area contributed by atoms with E-state index in [4.69, 9.17) is 5.11 Å². The Hall–Kier alpha value is -1.02. The quantitative estimate of drug-likeness (QED) is 0.635. The maximum Gasteiger partial charge on any atom is 0.175 e. The number of aliphatic hydroxyl groups excluding tert-OH is 1. The van der Waals surface area contributed by atoms with Crippen molar-refractivity contribution in [3.8, 4) is 0 Å². The number of hydrogen-bond donors (Lipinski definition) is 1. The van der Waals surface area contributed by atoms with Crippen LogP contribution in [0.3, 0.4) is 0 Å². The molecule has 1 N–H and O–H groups in total. The Kier molecular flexibility index (Phi) is 3.49. The van der Waals surface area contributed by atoms with Crippen LogP contribution in [-0.2, 0) is 0 Å². The van der Waals surface area contributed by atoms with E-state index < -0.39 is 0 Å². The number of rotatable bonds is 3. The number of benzene rings is 1. The van der Waals surface area contributed by atoms with Gasteiger partial charge in [-0.2, -0.15) is 0 Å². The van der Waals surface area contributed by atoms with Crippen LogP contribution in [0, 0.1) is 0 Å². The SMILES string of the molecule is OC[B]/C=C/c1ccccc1. The van der Waals surface area contributed by atoms with Gasteiger partial charge in [-0.1, -0.05) is 36.4 Å². The lowest BCUT2D eigenvalue weighted by Gasteiger charge is -1.89. The molecule has 1 nitrogen and oxygen atoms in total. The molecular formula is C9H10BO. The normalized spacial score (nSPS) is 10.3. The number of hydrogen-bond acceptors (Lipinski definition) is 1. The summed E-state index contributed by atoms with van der Waals surface area (Å²) in [4.78, 5) is 0. The molecule has 0 bridgehead atoms. The zero-order valence-corrected chi connectivity index (χ0v) is 6.27. The molecule has 0 heterocycles. The summed E-state index contributed by atoms with van der Waals surface area (Å²) in [6.07, 6.45) is 1.95. The second kappa shape index (κ2) is 4.75. The summed E-state index contributed by atoms with van der Waals surface area (Å²) >= 11 is 0. The molecule has 11 heavy (non-hydrogen) atoms. The van der Waals surface area contributed by atoms with Gasteiger partial charge in [-0.15, -0.1) is 5.98 Å². The average molecular weight is 145 g/mol. The fourth-order valence-corrected chi connectivity index (χ4v) is 0.804. The third-order valence-electron chi connectivity index (χ3n) is 1.33. The maximum absolute atomic E-state index is 8.44. The van der Waals surface area contributed by atoms with E-state index in [-0.39, 0.29) is 6.51 Å². The van der Waals surface area contributed by atoms with Crippen molar-refractivity contribution in [2.24, 2.45) is 0 Å². The summed E-state index contributed by atoms with van der Waals surface area (Å²) in [5, 5.41) is 8.44. The molecule has 1 aromatic rings. The van der Waals surface area contributed by atoms with E-state index in [0.717, 1.165) is 5.56 Å². The van der Waals surface area contributed by atoms with Crippen LogP contribution in [0.25, 0.3) is 6.08 Å². The molecule has 1 aromatic carbocycles. The highest BCUT2D eigenvalue weighted by molar-refractivity contribution is 6.42. The smallest absolute Gasteiger partial charge is 0.175 e. The Morgan fingerprint density at radius 2 is 2.00 bits per heavy atom. The predicted molar refractivity (Wildman–Crippen MR) is 48.3 cm³/mol. The molecule has 0 spiro atoms. The Bertz CT molecular complexity index is 218. The number of aliphatic hydroxyl groups is 1. The van der Waals surface area contributed by atoms with Crippen molar-refractivity contribution in [3.63, 3.8) is 0 Å². The van der Waals surface area contributed by atoms with E-state index in [9.17, 15) is 0 Å². The van der Waals surface area contributed by atoms with Crippen molar-refractivity contribution in [2.45, 2.75) is 0 Å². The van der Waals surface area contributed by atoms with Gasteiger partial charge in [0.1, 0.15) is 0 Å². The van der Waals surface area contributed by atoms with Gasteiger partial charge >= 0.3 is 0 Å². The summed E-state index contributed by atoms with van der Waals surface area (Å²) < 4.78 is 0. The van der Waals surface area contributed by atoms with E-state index in [1.54, 1.807) is 7.28 Å². The second-order valence-corrected chi connectivity index (χ2v) is 2.19. The average Bonchev–Trinajstić information content (AvgIpc) is 2.07. The molecule has 0 fully saturated rings. The molecule has 0 amide bonds. The van der Waals surface area contributed by atoms with Gasteiger partial charge in [-0.05, 0) is 5.56 Å². The van der Waals surface area contributed by atoms with Crippen molar-refractivity contribution in [1.82, 2.24) is 0 Å². The summed E-state index contributed by atoms with van der Waals surface area (Å²) in [5.74, 6) is 1.84. The maximum atomic E-state index is 8.44. The molecular weight excluding hydrogens is 135 g/mol.